The quantitative estimate of drug-likeness (QED) is 0.577. The van der Waals surface area contributed by atoms with Crippen molar-refractivity contribution in [2.24, 2.45) is 4.99 Å². The highest BCUT2D eigenvalue weighted by atomic mass is 79.9. The number of rotatable bonds is 2. The van der Waals surface area contributed by atoms with Gasteiger partial charge in [-0.3, -0.25) is 0 Å². The highest BCUT2D eigenvalue weighted by molar-refractivity contribution is 9.10. The van der Waals surface area contributed by atoms with Gasteiger partial charge in [0.1, 0.15) is 0 Å². The van der Waals surface area contributed by atoms with Crippen LogP contribution in [0, 0.1) is 13.8 Å². The number of hydrogen-bond donors (Lipinski definition) is 0. The molecule has 0 fully saturated rings. The molecule has 1 aromatic carbocycles. The van der Waals surface area contributed by atoms with Gasteiger partial charge in [-0.25, -0.2) is 9.79 Å². The Hall–Kier alpha value is -0.920. The van der Waals surface area contributed by atoms with Crippen LogP contribution in [0.1, 0.15) is 16.7 Å². The lowest BCUT2D eigenvalue weighted by atomic mass is 10.1. The van der Waals surface area contributed by atoms with E-state index in [1.54, 1.807) is 0 Å². The third-order valence-corrected chi connectivity index (χ3v) is 2.81. The molecule has 0 atom stereocenters. The maximum atomic E-state index is 9.91. The lowest BCUT2D eigenvalue weighted by Crippen LogP contribution is -1.88. The molecule has 13 heavy (non-hydrogen) atoms. The highest BCUT2D eigenvalue weighted by Gasteiger charge is 2.00. The van der Waals surface area contributed by atoms with Crippen molar-refractivity contribution in [1.29, 1.82) is 0 Å². The van der Waals surface area contributed by atoms with Crippen LogP contribution in [-0.4, -0.2) is 6.08 Å². The minimum Gasteiger partial charge on any atom is -0.211 e. The summed E-state index contributed by atoms with van der Waals surface area (Å²) >= 11 is 3.45. The lowest BCUT2D eigenvalue weighted by molar-refractivity contribution is 0.563. The van der Waals surface area contributed by atoms with E-state index in [1.807, 2.05) is 26.0 Å². The third kappa shape index (κ3) is 2.51. The Morgan fingerprint density at radius 2 is 2.15 bits per heavy atom. The van der Waals surface area contributed by atoms with E-state index in [4.69, 9.17) is 0 Å². The Morgan fingerprint density at radius 3 is 2.69 bits per heavy atom. The van der Waals surface area contributed by atoms with Gasteiger partial charge in [-0.1, -0.05) is 22.0 Å². The second-order valence-electron chi connectivity index (χ2n) is 2.93. The van der Waals surface area contributed by atoms with Gasteiger partial charge in [0.05, 0.1) is 6.54 Å². The zero-order chi connectivity index (χ0) is 9.84. The van der Waals surface area contributed by atoms with Crippen LogP contribution in [0.25, 0.3) is 0 Å². The van der Waals surface area contributed by atoms with E-state index in [9.17, 15) is 4.79 Å². The largest absolute Gasteiger partial charge is 0.235 e. The van der Waals surface area contributed by atoms with Crippen molar-refractivity contribution in [3.05, 3.63) is 33.3 Å². The van der Waals surface area contributed by atoms with Crippen molar-refractivity contribution in [2.45, 2.75) is 20.4 Å². The summed E-state index contributed by atoms with van der Waals surface area (Å²) in [5.74, 6) is 0. The Balaban J connectivity index is 3.05. The first kappa shape index (κ1) is 10.2. The first-order valence-corrected chi connectivity index (χ1v) is 4.73. The molecule has 2 nitrogen and oxygen atoms in total. The van der Waals surface area contributed by atoms with Gasteiger partial charge in [-0.15, -0.1) is 0 Å². The number of carbonyl (C=O) groups excluding carboxylic acids is 1. The second kappa shape index (κ2) is 4.35. The standard InChI is InChI=1S/C10H10BrNO/c1-7-3-9(5-12-6-13)4-10(11)8(7)2/h3-4H,5H2,1-2H3. The van der Waals surface area contributed by atoms with Gasteiger partial charge in [0.2, 0.25) is 6.08 Å². The fourth-order valence-electron chi connectivity index (χ4n) is 1.10. The van der Waals surface area contributed by atoms with Crippen LogP contribution >= 0.6 is 15.9 Å². The average Bonchev–Trinajstić information content (AvgIpc) is 2.10. The van der Waals surface area contributed by atoms with Gasteiger partial charge < -0.3 is 0 Å². The van der Waals surface area contributed by atoms with E-state index in [1.165, 1.54) is 17.2 Å². The number of isocyanates is 1. The lowest BCUT2D eigenvalue weighted by Gasteiger charge is -2.05. The molecule has 68 valence electrons. The highest BCUT2D eigenvalue weighted by Crippen LogP contribution is 2.21. The first-order chi connectivity index (χ1) is 6.15. The molecular weight excluding hydrogens is 230 g/mol. The summed E-state index contributed by atoms with van der Waals surface area (Å²) in [6.45, 7) is 4.49. The first-order valence-electron chi connectivity index (χ1n) is 3.94. The van der Waals surface area contributed by atoms with Crippen LogP contribution in [0.5, 0.6) is 0 Å². The van der Waals surface area contributed by atoms with Gasteiger partial charge in [0.25, 0.3) is 0 Å². The number of aliphatic imine (C=N–C) groups is 1. The molecule has 0 N–H and O–H groups in total. The summed E-state index contributed by atoms with van der Waals surface area (Å²) in [5.41, 5.74) is 3.45. The molecule has 0 aliphatic rings. The minimum atomic E-state index is 0.406. The zero-order valence-corrected chi connectivity index (χ0v) is 9.18. The summed E-state index contributed by atoms with van der Waals surface area (Å²) in [5, 5.41) is 0. The average molecular weight is 240 g/mol. The number of nitrogens with zero attached hydrogens (tertiary/aromatic N) is 1. The van der Waals surface area contributed by atoms with Crippen LogP contribution in [0.2, 0.25) is 0 Å². The van der Waals surface area contributed by atoms with Gasteiger partial charge in [-0.05, 0) is 36.6 Å². The van der Waals surface area contributed by atoms with Crippen LogP contribution in [0.3, 0.4) is 0 Å². The Morgan fingerprint density at radius 1 is 1.46 bits per heavy atom. The topological polar surface area (TPSA) is 29.4 Å². The normalized spacial score (nSPS) is 9.46. The Bertz CT molecular complexity index is 344. The molecule has 0 radical (unpaired) electrons. The molecule has 0 aliphatic heterocycles. The van der Waals surface area contributed by atoms with Crippen molar-refractivity contribution in [1.82, 2.24) is 0 Å². The number of hydrogen-bond acceptors (Lipinski definition) is 2. The summed E-state index contributed by atoms with van der Waals surface area (Å²) in [4.78, 5) is 13.4. The molecule has 0 amide bonds. The minimum absolute atomic E-state index is 0.406. The monoisotopic (exact) mass is 239 g/mol. The van der Waals surface area contributed by atoms with Crippen molar-refractivity contribution >= 4 is 22.0 Å². The molecule has 1 aromatic rings. The number of benzene rings is 1. The molecule has 0 saturated carbocycles. The van der Waals surface area contributed by atoms with Gasteiger partial charge >= 0.3 is 0 Å². The number of halogens is 1. The molecule has 0 aromatic heterocycles. The Labute approximate surface area is 85.8 Å². The van der Waals surface area contributed by atoms with E-state index in [0.717, 1.165) is 10.0 Å². The van der Waals surface area contributed by atoms with E-state index >= 15 is 0 Å². The van der Waals surface area contributed by atoms with Crippen molar-refractivity contribution in [2.75, 3.05) is 0 Å². The molecule has 0 aliphatic carbocycles. The SMILES string of the molecule is Cc1cc(CN=C=O)cc(Br)c1C. The van der Waals surface area contributed by atoms with Crippen LogP contribution in [0.15, 0.2) is 21.6 Å². The molecular formula is C10H10BrNO. The van der Waals surface area contributed by atoms with Crippen molar-refractivity contribution < 1.29 is 4.79 Å². The maximum absolute atomic E-state index is 9.91. The summed E-state index contributed by atoms with van der Waals surface area (Å²) < 4.78 is 1.06. The molecule has 0 unspecified atom stereocenters. The van der Waals surface area contributed by atoms with Gasteiger partial charge in [0, 0.05) is 4.47 Å². The van der Waals surface area contributed by atoms with Crippen molar-refractivity contribution in [3.8, 4) is 0 Å². The fourth-order valence-corrected chi connectivity index (χ4v) is 1.71. The van der Waals surface area contributed by atoms with Gasteiger partial charge in [0.15, 0.2) is 0 Å². The fraction of sp³-hybridized carbons (Fsp3) is 0.300. The molecule has 0 spiro atoms. The maximum Gasteiger partial charge on any atom is 0.235 e. The predicted octanol–water partition coefficient (Wildman–Crippen LogP) is 2.90. The molecule has 1 rings (SSSR count). The van der Waals surface area contributed by atoms with Gasteiger partial charge in [-0.2, -0.15) is 0 Å². The zero-order valence-electron chi connectivity index (χ0n) is 7.60. The summed E-state index contributed by atoms with van der Waals surface area (Å²) in [7, 11) is 0. The number of aryl methyl sites for hydroxylation is 1. The molecule has 0 saturated heterocycles. The smallest absolute Gasteiger partial charge is 0.211 e. The molecule has 0 heterocycles. The third-order valence-electron chi connectivity index (χ3n) is 1.99. The van der Waals surface area contributed by atoms with E-state index in [2.05, 4.69) is 20.9 Å². The second-order valence-corrected chi connectivity index (χ2v) is 3.78. The summed E-state index contributed by atoms with van der Waals surface area (Å²) in [6.07, 6.45) is 1.53. The van der Waals surface area contributed by atoms with E-state index < -0.39 is 0 Å². The Kier molecular flexibility index (Phi) is 3.40. The summed E-state index contributed by atoms with van der Waals surface area (Å²) in [6, 6.07) is 4.00. The van der Waals surface area contributed by atoms with E-state index in [-0.39, 0.29) is 0 Å². The molecule has 0 bridgehead atoms. The predicted molar refractivity (Wildman–Crippen MR) is 55.4 cm³/mol. The van der Waals surface area contributed by atoms with Crippen LogP contribution in [0.4, 0.5) is 0 Å². The molecule has 3 heteroatoms. The van der Waals surface area contributed by atoms with Crippen LogP contribution < -0.4 is 0 Å². The van der Waals surface area contributed by atoms with E-state index in [0.29, 0.717) is 6.54 Å². The van der Waals surface area contributed by atoms with Crippen LogP contribution in [-0.2, 0) is 11.3 Å². The van der Waals surface area contributed by atoms with Crippen molar-refractivity contribution in [3.63, 3.8) is 0 Å².